The van der Waals surface area contributed by atoms with E-state index in [4.69, 9.17) is 5.11 Å². The van der Waals surface area contributed by atoms with Gasteiger partial charge in [0.1, 0.15) is 5.69 Å². The first-order valence-corrected chi connectivity index (χ1v) is 8.64. The minimum atomic E-state index is -0.875. The highest BCUT2D eigenvalue weighted by molar-refractivity contribution is 5.85. The van der Waals surface area contributed by atoms with E-state index in [-0.39, 0.29) is 0 Å². The monoisotopic (exact) mass is 293 g/mol. The van der Waals surface area contributed by atoms with Crippen LogP contribution in [0.1, 0.15) is 93.6 Å². The quantitative estimate of drug-likeness (QED) is 0.467. The maximum Gasteiger partial charge on any atom is 0.352 e. The van der Waals surface area contributed by atoms with E-state index < -0.39 is 5.97 Å². The number of carboxylic acid groups (broad SMARTS) is 1. The highest BCUT2D eigenvalue weighted by Gasteiger charge is 2.05. The molecule has 0 aliphatic heterocycles. The van der Waals surface area contributed by atoms with Crippen molar-refractivity contribution in [3.05, 3.63) is 23.5 Å². The molecule has 3 nitrogen and oxygen atoms in total. The van der Waals surface area contributed by atoms with E-state index in [1.807, 2.05) is 6.20 Å². The molecule has 0 aromatic carbocycles. The van der Waals surface area contributed by atoms with Crippen LogP contribution >= 0.6 is 0 Å². The van der Waals surface area contributed by atoms with Crippen LogP contribution in [-0.4, -0.2) is 16.1 Å². The van der Waals surface area contributed by atoms with Crippen molar-refractivity contribution in [2.45, 2.75) is 84.0 Å². The maximum atomic E-state index is 10.7. The molecule has 0 fully saturated rings. The number of aromatic amines is 1. The second-order valence-electron chi connectivity index (χ2n) is 6.01. The summed E-state index contributed by atoms with van der Waals surface area (Å²) in [5.41, 5.74) is 1.41. The summed E-state index contributed by atoms with van der Waals surface area (Å²) in [6.07, 6.45) is 17.6. The minimum absolute atomic E-state index is 0.299. The fourth-order valence-corrected chi connectivity index (χ4v) is 2.70. The number of rotatable bonds is 13. The zero-order valence-corrected chi connectivity index (χ0v) is 13.5. The first-order chi connectivity index (χ1) is 10.2. The van der Waals surface area contributed by atoms with Crippen LogP contribution in [0.4, 0.5) is 0 Å². The molecular weight excluding hydrogens is 262 g/mol. The number of aromatic nitrogens is 1. The van der Waals surface area contributed by atoms with E-state index in [1.54, 1.807) is 6.07 Å². The largest absolute Gasteiger partial charge is 0.477 e. The number of aromatic carboxylic acids is 1. The van der Waals surface area contributed by atoms with Gasteiger partial charge in [-0.05, 0) is 24.5 Å². The molecule has 0 aliphatic rings. The summed E-state index contributed by atoms with van der Waals surface area (Å²) < 4.78 is 0. The molecule has 0 bridgehead atoms. The van der Waals surface area contributed by atoms with Gasteiger partial charge in [0.05, 0.1) is 0 Å². The van der Waals surface area contributed by atoms with Gasteiger partial charge in [0.15, 0.2) is 0 Å². The van der Waals surface area contributed by atoms with Crippen molar-refractivity contribution < 1.29 is 9.90 Å². The van der Waals surface area contributed by atoms with Crippen LogP contribution in [0.2, 0.25) is 0 Å². The fraction of sp³-hybridized carbons (Fsp3) is 0.722. The SMILES string of the molecule is CCCCCCCCCCCCCc1c[nH]c(C(=O)O)c1. The van der Waals surface area contributed by atoms with Gasteiger partial charge in [0.25, 0.3) is 0 Å². The lowest BCUT2D eigenvalue weighted by Crippen LogP contribution is -1.94. The van der Waals surface area contributed by atoms with Gasteiger partial charge in [0.2, 0.25) is 0 Å². The van der Waals surface area contributed by atoms with E-state index in [0.29, 0.717) is 5.69 Å². The van der Waals surface area contributed by atoms with Crippen LogP contribution in [0.25, 0.3) is 0 Å². The molecule has 3 heteroatoms. The Morgan fingerprint density at radius 3 is 1.95 bits per heavy atom. The zero-order chi connectivity index (χ0) is 15.3. The average Bonchev–Trinajstić information content (AvgIpc) is 2.94. The Bertz CT molecular complexity index is 384. The normalized spacial score (nSPS) is 10.9. The van der Waals surface area contributed by atoms with Crippen LogP contribution in [0.3, 0.4) is 0 Å². The molecule has 0 radical (unpaired) electrons. The van der Waals surface area contributed by atoms with E-state index in [9.17, 15) is 4.79 Å². The molecule has 0 spiro atoms. The van der Waals surface area contributed by atoms with E-state index in [0.717, 1.165) is 18.4 Å². The number of H-pyrrole nitrogens is 1. The first kappa shape index (κ1) is 17.8. The number of carbonyl (C=O) groups is 1. The number of unbranched alkanes of at least 4 members (excludes halogenated alkanes) is 10. The van der Waals surface area contributed by atoms with Gasteiger partial charge in [0, 0.05) is 6.20 Å². The van der Waals surface area contributed by atoms with Crippen LogP contribution in [-0.2, 0) is 6.42 Å². The van der Waals surface area contributed by atoms with Crippen LogP contribution in [0.15, 0.2) is 12.3 Å². The molecule has 0 amide bonds. The van der Waals surface area contributed by atoms with Crippen LogP contribution < -0.4 is 0 Å². The Balaban J connectivity index is 1.89. The Kier molecular flexibility index (Phi) is 9.68. The molecule has 2 N–H and O–H groups in total. The van der Waals surface area contributed by atoms with Crippen molar-refractivity contribution in [3.8, 4) is 0 Å². The number of hydrogen-bond donors (Lipinski definition) is 2. The third-order valence-electron chi connectivity index (χ3n) is 4.04. The highest BCUT2D eigenvalue weighted by Crippen LogP contribution is 2.13. The average molecular weight is 293 g/mol. The Morgan fingerprint density at radius 1 is 0.952 bits per heavy atom. The second-order valence-corrected chi connectivity index (χ2v) is 6.01. The lowest BCUT2D eigenvalue weighted by molar-refractivity contribution is 0.0691. The van der Waals surface area contributed by atoms with Crippen molar-refractivity contribution in [2.75, 3.05) is 0 Å². The van der Waals surface area contributed by atoms with Crippen molar-refractivity contribution >= 4 is 5.97 Å². The lowest BCUT2D eigenvalue weighted by atomic mass is 10.0. The van der Waals surface area contributed by atoms with Gasteiger partial charge in [-0.1, -0.05) is 71.1 Å². The van der Waals surface area contributed by atoms with Crippen molar-refractivity contribution in [2.24, 2.45) is 0 Å². The smallest absolute Gasteiger partial charge is 0.352 e. The highest BCUT2D eigenvalue weighted by atomic mass is 16.4. The molecular formula is C18H31NO2. The van der Waals surface area contributed by atoms with E-state index in [2.05, 4.69) is 11.9 Å². The van der Waals surface area contributed by atoms with Gasteiger partial charge in [-0.15, -0.1) is 0 Å². The topological polar surface area (TPSA) is 53.1 Å². The minimum Gasteiger partial charge on any atom is -0.477 e. The predicted molar refractivity (Wildman–Crippen MR) is 87.9 cm³/mol. The molecule has 1 rings (SSSR count). The van der Waals surface area contributed by atoms with E-state index in [1.165, 1.54) is 64.2 Å². The summed E-state index contributed by atoms with van der Waals surface area (Å²) in [7, 11) is 0. The van der Waals surface area contributed by atoms with Crippen molar-refractivity contribution in [1.82, 2.24) is 4.98 Å². The van der Waals surface area contributed by atoms with Gasteiger partial charge >= 0.3 is 5.97 Å². The van der Waals surface area contributed by atoms with Crippen molar-refractivity contribution in [1.29, 1.82) is 0 Å². The molecule has 0 atom stereocenters. The van der Waals surface area contributed by atoms with E-state index >= 15 is 0 Å². The predicted octanol–water partition coefficient (Wildman–Crippen LogP) is 5.57. The summed E-state index contributed by atoms with van der Waals surface area (Å²) in [5.74, 6) is -0.875. The Morgan fingerprint density at radius 2 is 1.48 bits per heavy atom. The summed E-state index contributed by atoms with van der Waals surface area (Å²) >= 11 is 0. The molecule has 0 saturated heterocycles. The number of hydrogen-bond acceptors (Lipinski definition) is 1. The lowest BCUT2D eigenvalue weighted by Gasteiger charge is -2.02. The summed E-state index contributed by atoms with van der Waals surface area (Å²) in [6.45, 7) is 2.26. The molecule has 1 aromatic heterocycles. The van der Waals surface area contributed by atoms with Gasteiger partial charge in [-0.25, -0.2) is 4.79 Å². The fourth-order valence-electron chi connectivity index (χ4n) is 2.70. The second kappa shape index (κ2) is 11.4. The van der Waals surface area contributed by atoms with Gasteiger partial charge < -0.3 is 10.1 Å². The molecule has 21 heavy (non-hydrogen) atoms. The Labute approximate surface area is 129 Å². The van der Waals surface area contributed by atoms with Crippen molar-refractivity contribution in [3.63, 3.8) is 0 Å². The first-order valence-electron chi connectivity index (χ1n) is 8.64. The Hall–Kier alpha value is -1.25. The molecule has 0 unspecified atom stereocenters. The molecule has 1 heterocycles. The van der Waals surface area contributed by atoms with Gasteiger partial charge in [-0.2, -0.15) is 0 Å². The maximum absolute atomic E-state index is 10.7. The standard InChI is InChI=1S/C18H31NO2/c1-2-3-4-5-6-7-8-9-10-11-12-13-16-14-17(18(20)21)19-15-16/h14-15,19H,2-13H2,1H3,(H,20,21). The molecule has 120 valence electrons. The number of nitrogens with one attached hydrogen (secondary N) is 1. The third kappa shape index (κ3) is 8.59. The molecule has 1 aromatic rings. The zero-order valence-electron chi connectivity index (χ0n) is 13.5. The summed E-state index contributed by atoms with van der Waals surface area (Å²) in [5, 5.41) is 8.83. The third-order valence-corrected chi connectivity index (χ3v) is 4.04. The summed E-state index contributed by atoms with van der Waals surface area (Å²) in [6, 6.07) is 1.75. The molecule has 0 saturated carbocycles. The summed E-state index contributed by atoms with van der Waals surface area (Å²) in [4.78, 5) is 13.5. The number of aryl methyl sites for hydroxylation is 1. The molecule has 0 aliphatic carbocycles. The van der Waals surface area contributed by atoms with Crippen LogP contribution in [0.5, 0.6) is 0 Å². The number of carboxylic acids is 1. The van der Waals surface area contributed by atoms with Crippen LogP contribution in [0, 0.1) is 0 Å². The van der Waals surface area contributed by atoms with Gasteiger partial charge in [-0.3, -0.25) is 0 Å².